The van der Waals surface area contributed by atoms with Gasteiger partial charge in [-0.25, -0.2) is 0 Å². The summed E-state index contributed by atoms with van der Waals surface area (Å²) in [6.07, 6.45) is 0. The molecule has 0 amide bonds. The van der Waals surface area contributed by atoms with Crippen molar-refractivity contribution in [2.45, 2.75) is 41.5 Å². The van der Waals surface area contributed by atoms with Gasteiger partial charge in [0.2, 0.25) is 0 Å². The van der Waals surface area contributed by atoms with E-state index < -0.39 is 17.6 Å². The lowest BCUT2D eigenvalue weighted by Gasteiger charge is -2.29. The summed E-state index contributed by atoms with van der Waals surface area (Å²) in [6.45, 7) is 15.0. The Morgan fingerprint density at radius 1 is 0.441 bits per heavy atom. The molecule has 10 heteroatoms. The van der Waals surface area contributed by atoms with E-state index in [9.17, 15) is 0 Å². The Morgan fingerprint density at radius 3 is 0.824 bits per heavy atom. The number of hydrogen-bond donors (Lipinski definition) is 0. The minimum Gasteiger partial charge on any atom is -0.370 e. The maximum Gasteiger partial charge on any atom is 0.537 e. The Hall–Kier alpha value is -0.932. The molecule has 0 N–H and O–H groups in total. The molecule has 2 aromatic rings. The summed E-state index contributed by atoms with van der Waals surface area (Å²) in [5.74, 6) is 0. The summed E-state index contributed by atoms with van der Waals surface area (Å²) in [6, 6.07) is 16.5. The highest BCUT2D eigenvalue weighted by Gasteiger charge is 2.44. The first-order valence-electron chi connectivity index (χ1n) is 12.6. The monoisotopic (exact) mass is 540 g/mol. The molecule has 34 heavy (non-hydrogen) atoms. The predicted molar refractivity (Wildman–Crippen MR) is 152 cm³/mol. The number of rotatable bonds is 15. The van der Waals surface area contributed by atoms with Crippen LogP contribution in [0.4, 0.5) is 0 Å². The maximum absolute atomic E-state index is 6.02. The molecule has 0 aromatic heterocycles. The van der Waals surface area contributed by atoms with Crippen molar-refractivity contribution in [3.05, 3.63) is 48.5 Å². The first kappa shape index (κ1) is 31.1. The van der Waals surface area contributed by atoms with Gasteiger partial charge in [-0.15, -0.1) is 0 Å². The lowest BCUT2D eigenvalue weighted by Crippen LogP contribution is -2.57. The van der Waals surface area contributed by atoms with Gasteiger partial charge in [0.25, 0.3) is 0 Å². The van der Waals surface area contributed by atoms with Crippen LogP contribution in [-0.4, -0.2) is 76.8 Å². The van der Waals surface area contributed by atoms with Crippen molar-refractivity contribution in [2.75, 3.05) is 39.6 Å². The standard InChI is InChI=1S/C24H38O6Si2.H6Si2/c1-7-25-31(26-8-2,27-9-3)23-17-13-21(14-18-23)22-15-19-24(20-16-22)32(28-10-4,29-11-5)30-12-6;1-2/h13-20H,7-12H2,1-6H3;1-2H3. The Kier molecular flexibility index (Phi) is 15.3. The van der Waals surface area contributed by atoms with Crippen LogP contribution in [0.15, 0.2) is 48.5 Å². The lowest BCUT2D eigenvalue weighted by molar-refractivity contribution is 0.0851. The van der Waals surface area contributed by atoms with Crippen molar-refractivity contribution in [3.8, 4) is 11.1 Å². The lowest BCUT2D eigenvalue weighted by atomic mass is 10.1. The average molecular weight is 541 g/mol. The minimum atomic E-state index is -2.90. The van der Waals surface area contributed by atoms with E-state index in [1.54, 1.807) is 0 Å². The van der Waals surface area contributed by atoms with Gasteiger partial charge in [-0.3, -0.25) is 0 Å². The van der Waals surface area contributed by atoms with E-state index in [-0.39, 0.29) is 0 Å². The summed E-state index contributed by atoms with van der Waals surface area (Å²) in [7, 11) is -2.91. The van der Waals surface area contributed by atoms with Crippen LogP contribution >= 0.6 is 0 Å². The maximum atomic E-state index is 6.02. The third kappa shape index (κ3) is 8.05. The van der Waals surface area contributed by atoms with Crippen molar-refractivity contribution in [2.24, 2.45) is 0 Å². The molecular weight excluding hydrogens is 497 g/mol. The van der Waals surface area contributed by atoms with Gasteiger partial charge in [-0.05, 0) is 72.2 Å². The largest absolute Gasteiger partial charge is 0.537 e. The smallest absolute Gasteiger partial charge is 0.370 e. The molecule has 0 aliphatic heterocycles. The van der Waals surface area contributed by atoms with Gasteiger partial charge in [0, 0.05) is 50.0 Å². The van der Waals surface area contributed by atoms with Crippen LogP contribution in [0.5, 0.6) is 0 Å². The third-order valence-electron chi connectivity index (χ3n) is 4.82. The van der Waals surface area contributed by atoms with Gasteiger partial charge >= 0.3 is 17.6 Å². The van der Waals surface area contributed by atoms with Gasteiger partial charge in [0.05, 0.1) is 0 Å². The van der Waals surface area contributed by atoms with E-state index in [0.717, 1.165) is 21.5 Å². The molecule has 0 aliphatic carbocycles. The van der Waals surface area contributed by atoms with Crippen molar-refractivity contribution in [1.82, 2.24) is 0 Å². The van der Waals surface area contributed by atoms with Crippen LogP contribution in [0.3, 0.4) is 0 Å². The molecule has 2 aromatic carbocycles. The van der Waals surface area contributed by atoms with Gasteiger partial charge in [-0.2, -0.15) is 0 Å². The van der Waals surface area contributed by atoms with Crippen LogP contribution in [0.25, 0.3) is 11.1 Å². The number of benzene rings is 2. The fraction of sp³-hybridized carbons (Fsp3) is 0.500. The second kappa shape index (κ2) is 16.7. The minimum absolute atomic E-state index is 0.542. The van der Waals surface area contributed by atoms with Crippen LogP contribution in [0.1, 0.15) is 41.5 Å². The summed E-state index contributed by atoms with van der Waals surface area (Å²) in [5, 5.41) is 1.94. The van der Waals surface area contributed by atoms with Gasteiger partial charge in [0.15, 0.2) is 0 Å². The molecule has 0 spiro atoms. The molecule has 192 valence electrons. The molecule has 0 aliphatic rings. The van der Waals surface area contributed by atoms with Gasteiger partial charge in [-0.1, -0.05) is 48.5 Å². The van der Waals surface area contributed by atoms with Crippen molar-refractivity contribution < 1.29 is 26.6 Å². The highest BCUT2D eigenvalue weighted by Crippen LogP contribution is 2.21. The summed E-state index contributed by atoms with van der Waals surface area (Å²) in [4.78, 5) is 0. The summed E-state index contributed by atoms with van der Waals surface area (Å²) in [5.41, 5.74) is 2.20. The Balaban J connectivity index is 0.00000281. The highest BCUT2D eigenvalue weighted by molar-refractivity contribution is 6.76. The van der Waals surface area contributed by atoms with E-state index in [0.29, 0.717) is 39.6 Å². The average Bonchev–Trinajstić information content (AvgIpc) is 2.86. The molecule has 0 fully saturated rings. The Morgan fingerprint density at radius 2 is 0.647 bits per heavy atom. The topological polar surface area (TPSA) is 55.4 Å². The molecular formula is C24H44O6Si4. The second-order valence-electron chi connectivity index (χ2n) is 6.87. The summed E-state index contributed by atoms with van der Waals surface area (Å²) < 4.78 is 36.1. The van der Waals surface area contributed by atoms with Crippen molar-refractivity contribution in [3.63, 3.8) is 0 Å². The van der Waals surface area contributed by atoms with E-state index in [4.69, 9.17) is 26.6 Å². The zero-order valence-corrected chi connectivity index (χ0v) is 28.3. The van der Waals surface area contributed by atoms with E-state index in [2.05, 4.69) is 48.5 Å². The van der Waals surface area contributed by atoms with Crippen LogP contribution in [0.2, 0.25) is 0 Å². The third-order valence-corrected chi connectivity index (χ3v) is 10.9. The van der Waals surface area contributed by atoms with Crippen LogP contribution < -0.4 is 10.4 Å². The van der Waals surface area contributed by atoms with E-state index in [1.807, 2.05) is 41.5 Å². The molecule has 0 saturated carbocycles. The van der Waals surface area contributed by atoms with Crippen LogP contribution in [0, 0.1) is 0 Å². The van der Waals surface area contributed by atoms with Gasteiger partial charge in [0.1, 0.15) is 0 Å². The Bertz CT molecular complexity index is 688. The van der Waals surface area contributed by atoms with E-state index in [1.165, 1.54) is 19.5 Å². The van der Waals surface area contributed by atoms with Crippen molar-refractivity contribution in [1.29, 1.82) is 0 Å². The molecule has 0 atom stereocenters. The molecule has 0 radical (unpaired) electrons. The first-order chi connectivity index (χ1) is 16.5. The highest BCUT2D eigenvalue weighted by atomic mass is 29.1. The normalized spacial score (nSPS) is 11.9. The number of hydrogen-bond acceptors (Lipinski definition) is 6. The second-order valence-corrected chi connectivity index (χ2v) is 12.0. The molecule has 6 nitrogen and oxygen atoms in total. The van der Waals surface area contributed by atoms with Crippen molar-refractivity contribution >= 4 is 47.5 Å². The molecule has 0 unspecified atom stereocenters. The SMILES string of the molecule is CCO[Si](OCC)(OCC)c1ccc(-c2ccc([Si](OCC)(OCC)OCC)cc2)cc1.[SiH3][SiH3]. The van der Waals surface area contributed by atoms with Gasteiger partial charge < -0.3 is 26.6 Å². The fourth-order valence-corrected chi connectivity index (χ4v) is 8.55. The van der Waals surface area contributed by atoms with E-state index >= 15 is 0 Å². The quantitative estimate of drug-likeness (QED) is 0.319. The fourth-order valence-electron chi connectivity index (χ4n) is 3.62. The first-order valence-corrected chi connectivity index (χ1v) is 24.0. The molecule has 0 saturated heterocycles. The molecule has 0 heterocycles. The summed E-state index contributed by atoms with van der Waals surface area (Å²) >= 11 is 0. The zero-order valence-electron chi connectivity index (χ0n) is 22.3. The Labute approximate surface area is 214 Å². The molecule has 0 bridgehead atoms. The van der Waals surface area contributed by atoms with Crippen LogP contribution in [-0.2, 0) is 26.6 Å². The molecule has 2 rings (SSSR count). The predicted octanol–water partition coefficient (Wildman–Crippen LogP) is 1.50. The zero-order chi connectivity index (χ0) is 25.5.